The van der Waals surface area contributed by atoms with Crippen molar-refractivity contribution in [1.29, 1.82) is 0 Å². The van der Waals surface area contributed by atoms with Crippen molar-refractivity contribution in [1.82, 2.24) is 5.32 Å². The van der Waals surface area contributed by atoms with E-state index in [4.69, 9.17) is 18.9 Å². The lowest BCUT2D eigenvalue weighted by molar-refractivity contribution is -0.359. The number of carbonyl (C=O) groups excluding carboxylic acids is 1. The van der Waals surface area contributed by atoms with Gasteiger partial charge in [-0.15, -0.1) is 0 Å². The first-order chi connectivity index (χ1) is 34.1. The van der Waals surface area contributed by atoms with E-state index in [1.807, 2.05) is 6.92 Å². The Labute approximate surface area is 420 Å². The summed E-state index contributed by atoms with van der Waals surface area (Å²) in [7, 11) is 0. The van der Waals surface area contributed by atoms with E-state index < -0.39 is 86.8 Å². The molecule has 9 N–H and O–H groups in total. The van der Waals surface area contributed by atoms with Crippen LogP contribution in [-0.4, -0.2) is 140 Å². The molecule has 0 spiro atoms. The van der Waals surface area contributed by atoms with Crippen LogP contribution in [0.25, 0.3) is 0 Å². The molecule has 0 radical (unpaired) electrons. The number of unbranched alkanes of at least 4 members (excludes halogenated alkanes) is 15. The molecule has 14 nitrogen and oxygen atoms in total. The summed E-state index contributed by atoms with van der Waals surface area (Å²) in [6.45, 7) is 2.42. The van der Waals surface area contributed by atoms with Gasteiger partial charge < -0.3 is 65.1 Å². The molecule has 12 unspecified atom stereocenters. The van der Waals surface area contributed by atoms with Gasteiger partial charge in [0.15, 0.2) is 12.6 Å². The van der Waals surface area contributed by atoms with Gasteiger partial charge in [0.05, 0.1) is 32.0 Å². The lowest BCUT2D eigenvalue weighted by Crippen LogP contribution is -2.65. The summed E-state index contributed by atoms with van der Waals surface area (Å²) in [5.41, 5.74) is 0. The Morgan fingerprint density at radius 3 is 1.49 bits per heavy atom. The molecule has 0 aromatic heterocycles. The van der Waals surface area contributed by atoms with Gasteiger partial charge in [-0.25, -0.2) is 0 Å². The van der Waals surface area contributed by atoms with Crippen LogP contribution >= 0.6 is 0 Å². The molecule has 2 aliphatic rings. The number of allylic oxidation sites excluding steroid dienone is 13. The fourth-order valence-corrected chi connectivity index (χ4v) is 8.24. The van der Waals surface area contributed by atoms with E-state index in [0.717, 1.165) is 70.6 Å². The summed E-state index contributed by atoms with van der Waals surface area (Å²) in [5.74, 6) is -0.257. The van der Waals surface area contributed by atoms with Crippen LogP contribution in [0.3, 0.4) is 0 Å². The van der Waals surface area contributed by atoms with E-state index in [9.17, 15) is 45.6 Å². The second kappa shape index (κ2) is 41.6. The van der Waals surface area contributed by atoms with E-state index in [2.05, 4.69) is 85.2 Å². The zero-order valence-corrected chi connectivity index (χ0v) is 42.7. The fourth-order valence-electron chi connectivity index (χ4n) is 8.24. The van der Waals surface area contributed by atoms with E-state index in [-0.39, 0.29) is 18.9 Å². The number of carbonyl (C=O) groups is 1. The average molecular weight is 990 g/mol. The van der Waals surface area contributed by atoms with Gasteiger partial charge in [-0.1, -0.05) is 182 Å². The van der Waals surface area contributed by atoms with Crippen LogP contribution in [0.5, 0.6) is 0 Å². The predicted molar refractivity (Wildman–Crippen MR) is 276 cm³/mol. The number of hydrogen-bond acceptors (Lipinski definition) is 13. The fraction of sp³-hybridized carbons (Fsp3) is 0.732. The van der Waals surface area contributed by atoms with Gasteiger partial charge in [-0.3, -0.25) is 4.79 Å². The standard InChI is InChI=1S/C56H95NO13/c1-3-5-7-8-9-10-11-12-13-14-15-16-17-18-19-20-21-22-23-24-25-26-27-28-29-30-31-32-33-34-35-36-38-40-48(61)57-44(45(60)39-37-6-4-2)43-67-55-53(66)51(64)54(47(42-59)69-55)70-56-52(65)50(63)49(62)46(41-58)68-56/h5,7,9-10,12-13,15-16,18-19,21-22,37,39,44-47,49-56,58-60,62-66H,3-4,6,8,11,14,17,20,23-36,38,40-43H2,1-2H3,(H,57,61)/b7-5-,10-9-,13-12-,16-15-,19-18-,22-21-,39-37+. The van der Waals surface area contributed by atoms with E-state index in [0.29, 0.717) is 6.42 Å². The Morgan fingerprint density at radius 1 is 0.529 bits per heavy atom. The monoisotopic (exact) mass is 990 g/mol. The largest absolute Gasteiger partial charge is 0.394 e. The topological polar surface area (TPSA) is 228 Å². The second-order valence-corrected chi connectivity index (χ2v) is 18.6. The molecule has 0 aliphatic carbocycles. The number of aliphatic hydroxyl groups is 8. The SMILES string of the molecule is CC/C=C\C/C=C\C/C=C\C/C=C\C/C=C\C/C=C\CCCCCCCCCCCCCCCCC(=O)NC(COC1OC(CO)C(OC2OC(CO)C(O)C(O)C2O)C(O)C1O)C(O)/C=C/CCC. The van der Waals surface area contributed by atoms with Crippen molar-refractivity contribution in [2.75, 3.05) is 19.8 Å². The maximum absolute atomic E-state index is 13.0. The molecule has 402 valence electrons. The molecule has 2 rings (SSSR count). The molecule has 0 aromatic rings. The molecular formula is C56H95NO13. The molecule has 12 atom stereocenters. The Balaban J connectivity index is 1.53. The summed E-state index contributed by atoms with van der Waals surface area (Å²) in [4.78, 5) is 13.0. The van der Waals surface area contributed by atoms with Crippen molar-refractivity contribution in [3.05, 3.63) is 85.1 Å². The van der Waals surface area contributed by atoms with E-state index >= 15 is 0 Å². The first-order valence-corrected chi connectivity index (χ1v) is 26.8. The van der Waals surface area contributed by atoms with Gasteiger partial charge in [0.2, 0.25) is 5.91 Å². The van der Waals surface area contributed by atoms with Crippen molar-refractivity contribution >= 4 is 5.91 Å². The third-order valence-corrected chi connectivity index (χ3v) is 12.6. The zero-order valence-electron chi connectivity index (χ0n) is 42.7. The van der Waals surface area contributed by atoms with E-state index in [1.165, 1.54) is 70.6 Å². The summed E-state index contributed by atoms with van der Waals surface area (Å²) in [6, 6.07) is -0.914. The Hall–Kier alpha value is -2.83. The molecule has 14 heteroatoms. The highest BCUT2D eigenvalue weighted by atomic mass is 16.7. The van der Waals surface area contributed by atoms with Crippen LogP contribution in [0, 0.1) is 0 Å². The van der Waals surface area contributed by atoms with Gasteiger partial charge in [0, 0.05) is 6.42 Å². The van der Waals surface area contributed by atoms with Crippen LogP contribution in [0.2, 0.25) is 0 Å². The normalized spacial score (nSPS) is 26.7. The smallest absolute Gasteiger partial charge is 0.220 e. The third kappa shape index (κ3) is 27.8. The Kier molecular flexibility index (Phi) is 37.6. The van der Waals surface area contributed by atoms with Crippen LogP contribution in [0.4, 0.5) is 0 Å². The van der Waals surface area contributed by atoms with Crippen LogP contribution in [0.15, 0.2) is 85.1 Å². The molecular weight excluding hydrogens is 895 g/mol. The van der Waals surface area contributed by atoms with Crippen molar-refractivity contribution < 1.29 is 64.6 Å². The highest BCUT2D eigenvalue weighted by Crippen LogP contribution is 2.30. The molecule has 2 heterocycles. The molecule has 70 heavy (non-hydrogen) atoms. The summed E-state index contributed by atoms with van der Waals surface area (Å²) >= 11 is 0. The van der Waals surface area contributed by atoms with Crippen molar-refractivity contribution in [3.63, 3.8) is 0 Å². The van der Waals surface area contributed by atoms with Crippen molar-refractivity contribution in [2.24, 2.45) is 0 Å². The minimum Gasteiger partial charge on any atom is -0.394 e. The number of rotatable bonds is 40. The van der Waals surface area contributed by atoms with Crippen LogP contribution in [0.1, 0.15) is 168 Å². The minimum absolute atomic E-state index is 0.257. The summed E-state index contributed by atoms with van der Waals surface area (Å²) in [5, 5.41) is 85.9. The maximum Gasteiger partial charge on any atom is 0.220 e. The Morgan fingerprint density at radius 2 is 0.986 bits per heavy atom. The average Bonchev–Trinajstić information content (AvgIpc) is 3.36. The van der Waals surface area contributed by atoms with Gasteiger partial charge >= 0.3 is 0 Å². The predicted octanol–water partition coefficient (Wildman–Crippen LogP) is 7.77. The number of aliphatic hydroxyl groups excluding tert-OH is 8. The van der Waals surface area contributed by atoms with Gasteiger partial charge in [0.1, 0.15) is 48.8 Å². The number of hydrogen-bond donors (Lipinski definition) is 9. The van der Waals surface area contributed by atoms with Gasteiger partial charge in [0.25, 0.3) is 0 Å². The second-order valence-electron chi connectivity index (χ2n) is 18.6. The quantitative estimate of drug-likeness (QED) is 0.0212. The van der Waals surface area contributed by atoms with Gasteiger partial charge in [-0.2, -0.15) is 0 Å². The van der Waals surface area contributed by atoms with Gasteiger partial charge in [-0.05, 0) is 64.2 Å². The Bertz CT molecular complexity index is 1500. The van der Waals surface area contributed by atoms with Crippen LogP contribution in [-0.2, 0) is 23.7 Å². The molecule has 0 aromatic carbocycles. The number of nitrogens with one attached hydrogen (secondary N) is 1. The molecule has 2 aliphatic heterocycles. The van der Waals surface area contributed by atoms with Crippen LogP contribution < -0.4 is 5.32 Å². The lowest BCUT2D eigenvalue weighted by atomic mass is 9.97. The highest BCUT2D eigenvalue weighted by Gasteiger charge is 2.51. The molecule has 0 saturated carbocycles. The third-order valence-electron chi connectivity index (χ3n) is 12.6. The maximum atomic E-state index is 13.0. The van der Waals surface area contributed by atoms with E-state index in [1.54, 1.807) is 12.2 Å². The highest BCUT2D eigenvalue weighted by molar-refractivity contribution is 5.76. The molecule has 2 fully saturated rings. The lowest BCUT2D eigenvalue weighted by Gasteiger charge is -2.46. The van der Waals surface area contributed by atoms with Crippen molar-refractivity contribution in [2.45, 2.75) is 242 Å². The van der Waals surface area contributed by atoms with Crippen molar-refractivity contribution in [3.8, 4) is 0 Å². The first kappa shape index (κ1) is 63.3. The zero-order chi connectivity index (χ0) is 51.0. The molecule has 0 bridgehead atoms. The number of amides is 1. The molecule has 2 saturated heterocycles. The number of ether oxygens (including phenoxy) is 4. The molecule has 1 amide bonds. The first-order valence-electron chi connectivity index (χ1n) is 26.8. The minimum atomic E-state index is -1.79. The summed E-state index contributed by atoms with van der Waals surface area (Å²) < 4.78 is 22.5. The summed E-state index contributed by atoms with van der Waals surface area (Å²) in [6.07, 6.45) is 39.0.